The lowest BCUT2D eigenvalue weighted by Crippen LogP contribution is -2.52. The Morgan fingerprint density at radius 1 is 1.17 bits per heavy atom. The van der Waals surface area contributed by atoms with Crippen LogP contribution in [0.15, 0.2) is 30.5 Å². The van der Waals surface area contributed by atoms with E-state index in [-0.39, 0.29) is 35.2 Å². The molecule has 2 N–H and O–H groups in total. The van der Waals surface area contributed by atoms with Crippen molar-refractivity contribution in [2.45, 2.75) is 59.1 Å². The monoisotopic (exact) mass is 500 g/mol. The van der Waals surface area contributed by atoms with Gasteiger partial charge < -0.3 is 19.5 Å². The molecule has 0 spiro atoms. The van der Waals surface area contributed by atoms with Crippen molar-refractivity contribution in [1.82, 2.24) is 10.3 Å². The second kappa shape index (κ2) is 11.7. The Balaban J connectivity index is 2.28. The van der Waals surface area contributed by atoms with Crippen molar-refractivity contribution in [3.8, 4) is 22.9 Å². The molecular formula is C26H33FN4O5. The van der Waals surface area contributed by atoms with Gasteiger partial charge in [0, 0.05) is 11.8 Å². The summed E-state index contributed by atoms with van der Waals surface area (Å²) >= 11 is 0. The molecule has 1 aromatic heterocycles. The Labute approximate surface area is 211 Å². The van der Waals surface area contributed by atoms with E-state index in [1.165, 1.54) is 18.3 Å². The Hall–Kier alpha value is -3.87. The summed E-state index contributed by atoms with van der Waals surface area (Å²) in [4.78, 5) is 27.7. The fraction of sp³-hybridized carbons (Fsp3) is 0.462. The van der Waals surface area contributed by atoms with Gasteiger partial charge >= 0.3 is 12.2 Å². The number of hydrogen-bond donors (Lipinski definition) is 2. The predicted molar refractivity (Wildman–Crippen MR) is 133 cm³/mol. The maximum Gasteiger partial charge on any atom is 0.412 e. The van der Waals surface area contributed by atoms with Gasteiger partial charge in [-0.1, -0.05) is 19.9 Å². The lowest BCUT2D eigenvalue weighted by Gasteiger charge is -2.33. The highest BCUT2D eigenvalue weighted by Crippen LogP contribution is 2.31. The van der Waals surface area contributed by atoms with Crippen LogP contribution in [0.3, 0.4) is 0 Å². The number of benzene rings is 1. The Morgan fingerprint density at radius 2 is 1.86 bits per heavy atom. The molecule has 1 atom stereocenters. The van der Waals surface area contributed by atoms with E-state index in [0.29, 0.717) is 12.0 Å². The minimum atomic E-state index is -0.857. The number of nitrogens with zero attached hydrogens (tertiary/aromatic N) is 2. The van der Waals surface area contributed by atoms with Crippen LogP contribution >= 0.6 is 0 Å². The van der Waals surface area contributed by atoms with Gasteiger partial charge in [-0.2, -0.15) is 5.26 Å². The number of anilines is 1. The highest BCUT2D eigenvalue weighted by Gasteiger charge is 2.31. The highest BCUT2D eigenvalue weighted by atomic mass is 19.1. The molecule has 2 amide bonds. The summed E-state index contributed by atoms with van der Waals surface area (Å²) in [5.41, 5.74) is -0.718. The Morgan fingerprint density at radius 3 is 2.44 bits per heavy atom. The molecule has 9 nitrogen and oxygen atoms in total. The van der Waals surface area contributed by atoms with Crippen molar-refractivity contribution < 1.29 is 28.2 Å². The maximum absolute atomic E-state index is 15.0. The molecule has 0 bridgehead atoms. The summed E-state index contributed by atoms with van der Waals surface area (Å²) in [5, 5.41) is 14.8. The summed E-state index contributed by atoms with van der Waals surface area (Å²) in [6.07, 6.45) is 0.517. The maximum atomic E-state index is 15.0. The third-order valence-electron chi connectivity index (χ3n) is 4.91. The highest BCUT2D eigenvalue weighted by molar-refractivity contribution is 5.84. The normalized spacial score (nSPS) is 12.8. The minimum absolute atomic E-state index is 0.0786. The molecule has 1 aromatic carbocycles. The minimum Gasteiger partial charge on any atom is -0.490 e. The van der Waals surface area contributed by atoms with Crippen LogP contribution in [0.2, 0.25) is 0 Å². The van der Waals surface area contributed by atoms with Gasteiger partial charge in [0.15, 0.2) is 11.6 Å². The lowest BCUT2D eigenvalue weighted by atomic mass is 9.91. The molecule has 2 rings (SSSR count). The van der Waals surface area contributed by atoms with E-state index in [9.17, 15) is 19.2 Å². The molecule has 36 heavy (non-hydrogen) atoms. The fourth-order valence-corrected chi connectivity index (χ4v) is 3.65. The van der Waals surface area contributed by atoms with Crippen LogP contribution in [0.25, 0.3) is 11.1 Å². The quantitative estimate of drug-likeness (QED) is 0.480. The number of aromatic nitrogens is 1. The lowest BCUT2D eigenvalue weighted by molar-refractivity contribution is 0.0408. The number of pyridine rings is 1. The molecule has 1 heterocycles. The van der Waals surface area contributed by atoms with Crippen molar-refractivity contribution in [2.24, 2.45) is 5.92 Å². The zero-order valence-corrected chi connectivity index (χ0v) is 21.7. The standard InChI is InChI=1S/C26H33FN4O5/c1-16(2)13-26(6,31-24(33)36-25(3,4)5)15-35-20-9-8-17(12-18(20)14-28)19-10-11-29-22(21(19)27)30-23(32)34-7/h8-12,16H,13,15H2,1-7H3,(H,31,33)(H,29,30,32)/t26-/m0/s1. The van der Waals surface area contributed by atoms with E-state index in [1.54, 1.807) is 32.9 Å². The predicted octanol–water partition coefficient (Wildman–Crippen LogP) is 5.65. The third kappa shape index (κ3) is 8.12. The van der Waals surface area contributed by atoms with Gasteiger partial charge in [0.05, 0.1) is 18.2 Å². The van der Waals surface area contributed by atoms with E-state index in [0.717, 1.165) is 7.11 Å². The molecule has 0 aliphatic rings. The first-order chi connectivity index (χ1) is 16.8. The Bertz CT molecular complexity index is 1140. The molecule has 0 saturated carbocycles. The van der Waals surface area contributed by atoms with Crippen LogP contribution < -0.4 is 15.4 Å². The summed E-state index contributed by atoms with van der Waals surface area (Å²) in [7, 11) is 1.16. The largest absolute Gasteiger partial charge is 0.490 e. The zero-order valence-electron chi connectivity index (χ0n) is 21.7. The van der Waals surface area contributed by atoms with E-state index in [1.807, 2.05) is 20.8 Å². The average molecular weight is 501 g/mol. The van der Waals surface area contributed by atoms with Gasteiger partial charge in [-0.05, 0) is 63.8 Å². The smallest absolute Gasteiger partial charge is 0.412 e. The van der Waals surface area contributed by atoms with Crippen molar-refractivity contribution >= 4 is 18.0 Å². The number of nitriles is 1. The zero-order chi connectivity index (χ0) is 27.1. The molecule has 0 fully saturated rings. The van der Waals surface area contributed by atoms with Gasteiger partial charge in [-0.3, -0.25) is 5.32 Å². The number of halogens is 1. The molecule has 194 valence electrons. The molecule has 0 radical (unpaired) electrons. The molecule has 2 aromatic rings. The summed E-state index contributed by atoms with van der Waals surface area (Å²) in [5.74, 6) is -0.541. The fourth-order valence-electron chi connectivity index (χ4n) is 3.65. The van der Waals surface area contributed by atoms with Gasteiger partial charge in [-0.15, -0.1) is 0 Å². The van der Waals surface area contributed by atoms with Gasteiger partial charge in [0.1, 0.15) is 24.0 Å². The number of hydrogen-bond acceptors (Lipinski definition) is 7. The van der Waals surface area contributed by atoms with Crippen molar-refractivity contribution in [1.29, 1.82) is 5.26 Å². The van der Waals surface area contributed by atoms with E-state index >= 15 is 0 Å². The van der Waals surface area contributed by atoms with Crippen LogP contribution in [0.5, 0.6) is 5.75 Å². The third-order valence-corrected chi connectivity index (χ3v) is 4.91. The second-order valence-corrected chi connectivity index (χ2v) is 10.0. The van der Waals surface area contributed by atoms with Crippen LogP contribution in [-0.4, -0.2) is 42.0 Å². The number of amides is 2. The van der Waals surface area contributed by atoms with Gasteiger partial charge in [0.2, 0.25) is 0 Å². The number of methoxy groups -OCH3 is 1. The molecule has 10 heteroatoms. The molecule has 0 aliphatic heterocycles. The Kier molecular flexibility index (Phi) is 9.23. The number of carbonyl (C=O) groups excluding carboxylic acids is 2. The van der Waals surface area contributed by atoms with E-state index < -0.39 is 29.1 Å². The van der Waals surface area contributed by atoms with E-state index in [4.69, 9.17) is 9.47 Å². The number of alkyl carbamates (subject to hydrolysis) is 1. The second-order valence-electron chi connectivity index (χ2n) is 10.0. The molecule has 0 aliphatic carbocycles. The van der Waals surface area contributed by atoms with Crippen LogP contribution in [0.4, 0.5) is 19.8 Å². The molecule has 0 saturated heterocycles. The molecule has 0 unspecified atom stereocenters. The van der Waals surface area contributed by atoms with Crippen molar-refractivity contribution in [3.05, 3.63) is 41.8 Å². The summed E-state index contributed by atoms with van der Waals surface area (Å²) in [6.45, 7) is 11.3. The summed E-state index contributed by atoms with van der Waals surface area (Å²) in [6, 6.07) is 8.13. The van der Waals surface area contributed by atoms with Crippen LogP contribution in [0.1, 0.15) is 53.5 Å². The number of ether oxygens (including phenoxy) is 3. The molecular weight excluding hydrogens is 467 g/mol. The SMILES string of the molecule is COC(=O)Nc1nccc(-c2ccc(OC[C@](C)(CC(C)C)NC(=O)OC(C)(C)C)c(C#N)c2)c1F. The van der Waals surface area contributed by atoms with Crippen LogP contribution in [0, 0.1) is 23.1 Å². The van der Waals surface area contributed by atoms with Gasteiger partial charge in [0.25, 0.3) is 0 Å². The summed E-state index contributed by atoms with van der Waals surface area (Å²) < 4.78 is 30.8. The van der Waals surface area contributed by atoms with Crippen molar-refractivity contribution in [2.75, 3.05) is 19.0 Å². The van der Waals surface area contributed by atoms with Gasteiger partial charge in [-0.25, -0.2) is 19.0 Å². The number of carbonyl (C=O) groups is 2. The number of rotatable bonds is 8. The van der Waals surface area contributed by atoms with Crippen molar-refractivity contribution in [3.63, 3.8) is 0 Å². The average Bonchev–Trinajstić information content (AvgIpc) is 2.77. The first kappa shape index (κ1) is 28.4. The topological polar surface area (TPSA) is 123 Å². The number of nitrogens with one attached hydrogen (secondary N) is 2. The first-order valence-electron chi connectivity index (χ1n) is 11.4. The first-order valence-corrected chi connectivity index (χ1v) is 11.4. The van der Waals surface area contributed by atoms with E-state index in [2.05, 4.69) is 26.4 Å². The van der Waals surface area contributed by atoms with Crippen LogP contribution in [-0.2, 0) is 9.47 Å².